The topological polar surface area (TPSA) is 49.8 Å². The molecule has 1 atom stereocenters. The Morgan fingerprint density at radius 2 is 2.10 bits per heavy atom. The van der Waals surface area contributed by atoms with Gasteiger partial charge in [0.2, 0.25) is 0 Å². The summed E-state index contributed by atoms with van der Waals surface area (Å²) in [5.41, 5.74) is 1.11. The summed E-state index contributed by atoms with van der Waals surface area (Å²) >= 11 is 4.07. The first-order chi connectivity index (χ1) is 10.2. The van der Waals surface area contributed by atoms with Crippen LogP contribution in [0.25, 0.3) is 0 Å². The molecule has 2 rings (SSSR count). The molecule has 1 amide bonds. The molecule has 0 aliphatic carbocycles. The minimum Gasteiger partial charge on any atom is -0.495 e. The quantitative estimate of drug-likeness (QED) is 0.642. The predicted octanol–water partition coefficient (Wildman–Crippen LogP) is 3.80. The standard InChI is InChI=1S/C14H17NO3S.C2H6/c16-13(7-4-8-19)15-12(10-18-14(15)17)9-11-5-2-1-3-6-11;1-2/h1-3,5-7,12,16,19H,4,8-10H2;1-2H3/b13-7+;/t12-;/m1./s1. The van der Waals surface area contributed by atoms with Gasteiger partial charge >= 0.3 is 6.09 Å². The van der Waals surface area contributed by atoms with Gasteiger partial charge in [-0.3, -0.25) is 0 Å². The van der Waals surface area contributed by atoms with Crippen molar-refractivity contribution < 1.29 is 14.6 Å². The smallest absolute Gasteiger partial charge is 0.417 e. The maximum atomic E-state index is 11.7. The molecular weight excluding hydrogens is 286 g/mol. The molecule has 0 bridgehead atoms. The van der Waals surface area contributed by atoms with E-state index in [0.717, 1.165) is 5.56 Å². The van der Waals surface area contributed by atoms with Crippen LogP contribution < -0.4 is 0 Å². The van der Waals surface area contributed by atoms with Crippen molar-refractivity contribution in [1.82, 2.24) is 4.90 Å². The highest BCUT2D eigenvalue weighted by Gasteiger charge is 2.35. The highest BCUT2D eigenvalue weighted by atomic mass is 32.1. The van der Waals surface area contributed by atoms with Crippen LogP contribution in [0.4, 0.5) is 4.79 Å². The van der Waals surface area contributed by atoms with Gasteiger partial charge in [-0.1, -0.05) is 44.2 Å². The first-order valence-corrected chi connectivity index (χ1v) is 7.85. The van der Waals surface area contributed by atoms with E-state index < -0.39 is 6.09 Å². The molecule has 0 aromatic heterocycles. The Bertz CT molecular complexity index is 462. The van der Waals surface area contributed by atoms with E-state index >= 15 is 0 Å². The van der Waals surface area contributed by atoms with Crippen molar-refractivity contribution in [3.63, 3.8) is 0 Å². The monoisotopic (exact) mass is 309 g/mol. The second-order valence-corrected chi connectivity index (χ2v) is 4.81. The summed E-state index contributed by atoms with van der Waals surface area (Å²) in [6.07, 6.45) is 2.37. The highest BCUT2D eigenvalue weighted by molar-refractivity contribution is 7.80. The second-order valence-electron chi connectivity index (χ2n) is 4.37. The summed E-state index contributed by atoms with van der Waals surface area (Å²) in [6.45, 7) is 4.30. The molecule has 1 aliphatic rings. The summed E-state index contributed by atoms with van der Waals surface area (Å²) in [5.74, 6) is 0.577. The maximum Gasteiger partial charge on any atom is 0.417 e. The molecule has 0 radical (unpaired) electrons. The van der Waals surface area contributed by atoms with E-state index in [1.165, 1.54) is 4.90 Å². The average molecular weight is 309 g/mol. The fourth-order valence-corrected chi connectivity index (χ4v) is 2.20. The lowest BCUT2D eigenvalue weighted by Crippen LogP contribution is -2.34. The van der Waals surface area contributed by atoms with Crippen LogP contribution in [-0.4, -0.2) is 34.5 Å². The Balaban J connectivity index is 0.00000106. The molecule has 1 N–H and O–H groups in total. The molecule has 5 heteroatoms. The van der Waals surface area contributed by atoms with E-state index in [4.69, 9.17) is 4.74 Å². The third-order valence-electron chi connectivity index (χ3n) is 2.98. The Hall–Kier alpha value is -1.62. The van der Waals surface area contributed by atoms with Crippen molar-refractivity contribution in [2.75, 3.05) is 12.4 Å². The number of allylic oxidation sites excluding steroid dienone is 1. The third-order valence-corrected chi connectivity index (χ3v) is 3.24. The zero-order valence-corrected chi connectivity index (χ0v) is 13.4. The number of hydrogen-bond donors (Lipinski definition) is 2. The number of carbonyl (C=O) groups excluding carboxylic acids is 1. The molecule has 1 aromatic rings. The van der Waals surface area contributed by atoms with Gasteiger partial charge in [0.05, 0.1) is 6.04 Å². The van der Waals surface area contributed by atoms with Crippen LogP contribution in [0.2, 0.25) is 0 Å². The molecule has 1 heterocycles. The summed E-state index contributed by atoms with van der Waals surface area (Å²) in [6, 6.07) is 9.68. The zero-order valence-electron chi connectivity index (χ0n) is 12.5. The van der Waals surface area contributed by atoms with Gasteiger partial charge in [-0.05, 0) is 30.2 Å². The van der Waals surface area contributed by atoms with Gasteiger partial charge in [0.15, 0.2) is 5.88 Å². The number of rotatable bonds is 5. The van der Waals surface area contributed by atoms with Crippen molar-refractivity contribution in [2.45, 2.75) is 32.7 Å². The first kappa shape index (κ1) is 17.4. The molecule has 21 heavy (non-hydrogen) atoms. The predicted molar refractivity (Wildman–Crippen MR) is 87.7 cm³/mol. The maximum absolute atomic E-state index is 11.7. The van der Waals surface area contributed by atoms with Crippen LogP contribution in [0, 0.1) is 0 Å². The van der Waals surface area contributed by atoms with Gasteiger partial charge in [-0.15, -0.1) is 0 Å². The van der Waals surface area contributed by atoms with E-state index in [-0.39, 0.29) is 11.9 Å². The number of amides is 1. The van der Waals surface area contributed by atoms with Crippen LogP contribution >= 0.6 is 12.6 Å². The number of cyclic esters (lactones) is 1. The van der Waals surface area contributed by atoms with Gasteiger partial charge < -0.3 is 9.84 Å². The van der Waals surface area contributed by atoms with Gasteiger partial charge in [0.25, 0.3) is 0 Å². The van der Waals surface area contributed by atoms with E-state index in [2.05, 4.69) is 12.6 Å². The number of nitrogens with zero attached hydrogens (tertiary/aromatic N) is 1. The van der Waals surface area contributed by atoms with Gasteiger partial charge in [-0.2, -0.15) is 12.6 Å². The molecule has 0 spiro atoms. The Labute approximate surface area is 131 Å². The van der Waals surface area contributed by atoms with E-state index in [1.807, 2.05) is 44.2 Å². The minimum atomic E-state index is -0.492. The molecule has 0 unspecified atom stereocenters. The Kier molecular flexibility index (Phi) is 7.75. The molecule has 1 aliphatic heterocycles. The van der Waals surface area contributed by atoms with Crippen molar-refractivity contribution >= 4 is 18.7 Å². The van der Waals surface area contributed by atoms with Crippen LogP contribution in [0.1, 0.15) is 25.8 Å². The highest BCUT2D eigenvalue weighted by Crippen LogP contribution is 2.21. The second kappa shape index (κ2) is 9.34. The Morgan fingerprint density at radius 1 is 1.43 bits per heavy atom. The third kappa shape index (κ3) is 5.01. The van der Waals surface area contributed by atoms with E-state index in [0.29, 0.717) is 25.2 Å². The van der Waals surface area contributed by atoms with Crippen molar-refractivity contribution in [3.05, 3.63) is 47.9 Å². The fourth-order valence-electron chi connectivity index (χ4n) is 2.07. The number of ether oxygens (including phenoxy) is 1. The molecule has 4 nitrogen and oxygen atoms in total. The first-order valence-electron chi connectivity index (χ1n) is 7.22. The molecule has 1 fully saturated rings. The van der Waals surface area contributed by atoms with Crippen molar-refractivity contribution in [2.24, 2.45) is 0 Å². The van der Waals surface area contributed by atoms with Crippen molar-refractivity contribution in [3.8, 4) is 0 Å². The minimum absolute atomic E-state index is 0.0440. The summed E-state index contributed by atoms with van der Waals surface area (Å²) in [5, 5.41) is 9.95. The molecule has 116 valence electrons. The summed E-state index contributed by atoms with van der Waals surface area (Å²) in [4.78, 5) is 13.0. The van der Waals surface area contributed by atoms with E-state index in [1.54, 1.807) is 6.08 Å². The molecular formula is C16H23NO3S. The lowest BCUT2D eigenvalue weighted by molar-refractivity contribution is 0.149. The number of hydrogen-bond acceptors (Lipinski definition) is 4. The number of carbonyl (C=O) groups is 1. The normalized spacial score (nSPS) is 18.0. The van der Waals surface area contributed by atoms with Crippen LogP contribution in [0.5, 0.6) is 0 Å². The number of aliphatic hydroxyl groups excluding tert-OH is 1. The van der Waals surface area contributed by atoms with Gasteiger partial charge in [-0.25, -0.2) is 9.69 Å². The average Bonchev–Trinajstić information content (AvgIpc) is 2.88. The lowest BCUT2D eigenvalue weighted by Gasteiger charge is -2.20. The number of benzene rings is 1. The number of thiol groups is 1. The van der Waals surface area contributed by atoms with Gasteiger partial charge in [0.1, 0.15) is 6.61 Å². The Morgan fingerprint density at radius 3 is 2.71 bits per heavy atom. The van der Waals surface area contributed by atoms with Gasteiger partial charge in [0, 0.05) is 0 Å². The lowest BCUT2D eigenvalue weighted by atomic mass is 10.1. The van der Waals surface area contributed by atoms with E-state index in [9.17, 15) is 9.90 Å². The summed E-state index contributed by atoms with van der Waals surface area (Å²) in [7, 11) is 0. The largest absolute Gasteiger partial charge is 0.495 e. The fraction of sp³-hybridized carbons (Fsp3) is 0.438. The van der Waals surface area contributed by atoms with Crippen molar-refractivity contribution in [1.29, 1.82) is 0 Å². The van der Waals surface area contributed by atoms with Crippen LogP contribution in [0.15, 0.2) is 42.3 Å². The molecule has 1 aromatic carbocycles. The molecule has 0 saturated carbocycles. The van der Waals surface area contributed by atoms with Crippen LogP contribution in [-0.2, 0) is 11.2 Å². The summed E-state index contributed by atoms with van der Waals surface area (Å²) < 4.78 is 5.02. The molecule has 1 saturated heterocycles. The number of aliphatic hydroxyl groups is 1. The van der Waals surface area contributed by atoms with Crippen LogP contribution in [0.3, 0.4) is 0 Å². The zero-order chi connectivity index (χ0) is 15.7. The SMILES string of the molecule is CC.O=C1OC[C@@H](Cc2ccccc2)N1/C(O)=C\CCS.